The second kappa shape index (κ2) is 4.95. The topological polar surface area (TPSA) is 61.0 Å². The van der Waals surface area contributed by atoms with Crippen molar-refractivity contribution in [3.8, 4) is 5.75 Å². The number of hydrogen-bond donors (Lipinski definition) is 0. The minimum atomic E-state index is 0.737. The van der Waals surface area contributed by atoms with Gasteiger partial charge in [-0.15, -0.1) is 0 Å². The van der Waals surface area contributed by atoms with E-state index in [4.69, 9.17) is 9.72 Å². The number of fused-ring (bicyclic) bond motifs is 1. The highest BCUT2D eigenvalue weighted by atomic mass is 79.9. The van der Waals surface area contributed by atoms with Gasteiger partial charge in [-0.25, -0.2) is 14.6 Å². The fraction of sp³-hybridized carbons (Fsp3) is 0.400. The monoisotopic (exact) mass is 374 g/mol. The summed E-state index contributed by atoms with van der Waals surface area (Å²) in [6.07, 6.45) is 2.60. The van der Waals surface area contributed by atoms with Gasteiger partial charge in [0.15, 0.2) is 0 Å². The number of benzene rings is 1. The molecular formula is C15H15BrN6O. The third-order valence-electron chi connectivity index (χ3n) is 4.43. The molecular weight excluding hydrogens is 360 g/mol. The summed E-state index contributed by atoms with van der Waals surface area (Å²) in [6.45, 7) is 4.12. The predicted molar refractivity (Wildman–Crippen MR) is 88.6 cm³/mol. The quantitative estimate of drug-likeness (QED) is 0.653. The van der Waals surface area contributed by atoms with Crippen LogP contribution in [0.2, 0.25) is 0 Å². The third-order valence-corrected chi connectivity index (χ3v) is 4.89. The summed E-state index contributed by atoms with van der Waals surface area (Å²) in [4.78, 5) is 11.5. The van der Waals surface area contributed by atoms with Gasteiger partial charge in [-0.1, -0.05) is 15.9 Å². The maximum Gasteiger partial charge on any atom is 0.207 e. The van der Waals surface area contributed by atoms with E-state index in [2.05, 4.69) is 41.5 Å². The van der Waals surface area contributed by atoms with Crippen LogP contribution < -0.4 is 9.64 Å². The molecule has 0 N–H and O–H groups in total. The Labute approximate surface area is 141 Å². The van der Waals surface area contributed by atoms with Crippen LogP contribution in [-0.2, 0) is 19.6 Å². The number of halogens is 1. The first-order valence-electron chi connectivity index (χ1n) is 7.74. The lowest BCUT2D eigenvalue weighted by Gasteiger charge is -2.28. The minimum Gasteiger partial charge on any atom is -0.491 e. The zero-order chi connectivity index (χ0) is 15.4. The van der Waals surface area contributed by atoms with Crippen molar-refractivity contribution in [2.45, 2.75) is 26.1 Å². The lowest BCUT2D eigenvalue weighted by molar-refractivity contribution is 0.315. The third kappa shape index (κ3) is 2.04. The van der Waals surface area contributed by atoms with Gasteiger partial charge in [0.25, 0.3) is 0 Å². The van der Waals surface area contributed by atoms with Crippen molar-refractivity contribution in [2.75, 3.05) is 18.1 Å². The molecule has 2 aromatic heterocycles. The number of rotatable bonds is 1. The van der Waals surface area contributed by atoms with Crippen LogP contribution in [0, 0.1) is 0 Å². The van der Waals surface area contributed by atoms with E-state index in [0.29, 0.717) is 0 Å². The van der Waals surface area contributed by atoms with Gasteiger partial charge in [0.1, 0.15) is 23.4 Å². The van der Waals surface area contributed by atoms with E-state index >= 15 is 0 Å². The molecule has 1 aromatic carbocycles. The second-order valence-electron chi connectivity index (χ2n) is 5.86. The van der Waals surface area contributed by atoms with Crippen molar-refractivity contribution >= 4 is 32.9 Å². The van der Waals surface area contributed by atoms with Crippen molar-refractivity contribution in [1.82, 2.24) is 24.3 Å². The van der Waals surface area contributed by atoms with Crippen LogP contribution >= 0.6 is 15.9 Å². The Hall–Kier alpha value is -2.09. The van der Waals surface area contributed by atoms with Crippen molar-refractivity contribution in [2.24, 2.45) is 0 Å². The summed E-state index contributed by atoms with van der Waals surface area (Å²) in [6, 6.07) is 4.09. The molecule has 0 saturated heterocycles. The Morgan fingerprint density at radius 3 is 3.09 bits per heavy atom. The summed E-state index contributed by atoms with van der Waals surface area (Å²) in [5.74, 6) is 2.90. The first-order chi connectivity index (χ1) is 11.3. The highest BCUT2D eigenvalue weighted by molar-refractivity contribution is 9.10. The van der Waals surface area contributed by atoms with Gasteiger partial charge in [-0.3, -0.25) is 0 Å². The van der Waals surface area contributed by atoms with Crippen LogP contribution in [0.25, 0.3) is 11.0 Å². The van der Waals surface area contributed by atoms with E-state index in [1.54, 1.807) is 6.33 Å². The van der Waals surface area contributed by atoms with E-state index in [1.165, 1.54) is 0 Å². The zero-order valence-corrected chi connectivity index (χ0v) is 14.0. The molecule has 0 spiro atoms. The van der Waals surface area contributed by atoms with Gasteiger partial charge in [-0.05, 0) is 18.6 Å². The summed E-state index contributed by atoms with van der Waals surface area (Å²) < 4.78 is 11.2. The molecule has 2 aliphatic heterocycles. The molecule has 0 amide bonds. The molecule has 0 atom stereocenters. The van der Waals surface area contributed by atoms with Gasteiger partial charge < -0.3 is 14.2 Å². The molecule has 8 heteroatoms. The Morgan fingerprint density at radius 2 is 2.13 bits per heavy atom. The fourth-order valence-corrected chi connectivity index (χ4v) is 3.81. The van der Waals surface area contributed by atoms with Crippen molar-refractivity contribution in [3.05, 3.63) is 28.8 Å². The molecule has 0 aliphatic carbocycles. The molecule has 0 unspecified atom stereocenters. The molecule has 0 bridgehead atoms. The summed E-state index contributed by atoms with van der Waals surface area (Å²) >= 11 is 3.56. The number of aromatic nitrogens is 5. The number of imidazole rings is 1. The molecule has 118 valence electrons. The Bertz CT molecular complexity index is 901. The first kappa shape index (κ1) is 13.4. The standard InChI is InChI=1S/C15H15BrN6O/c16-10-6-11-14-12(7-10)23-5-1-2-21(14)15(19-11)20-3-4-22-13(8-20)17-9-18-22/h6-7,9H,1-5,8H2. The van der Waals surface area contributed by atoms with E-state index in [0.717, 1.165) is 72.2 Å². The zero-order valence-electron chi connectivity index (χ0n) is 12.4. The van der Waals surface area contributed by atoms with E-state index in [-0.39, 0.29) is 0 Å². The van der Waals surface area contributed by atoms with Crippen molar-refractivity contribution in [3.63, 3.8) is 0 Å². The highest BCUT2D eigenvalue weighted by Gasteiger charge is 2.25. The second-order valence-corrected chi connectivity index (χ2v) is 6.77. The van der Waals surface area contributed by atoms with Gasteiger partial charge in [0, 0.05) is 17.6 Å². The van der Waals surface area contributed by atoms with Crippen LogP contribution in [0.15, 0.2) is 22.9 Å². The van der Waals surface area contributed by atoms with Gasteiger partial charge in [0.2, 0.25) is 5.95 Å². The Morgan fingerprint density at radius 1 is 1.17 bits per heavy atom. The van der Waals surface area contributed by atoms with Crippen LogP contribution in [0.5, 0.6) is 5.75 Å². The van der Waals surface area contributed by atoms with Crippen molar-refractivity contribution in [1.29, 1.82) is 0 Å². The average molecular weight is 375 g/mol. The molecule has 23 heavy (non-hydrogen) atoms. The van der Waals surface area contributed by atoms with Crippen LogP contribution in [-0.4, -0.2) is 37.5 Å². The summed E-state index contributed by atoms with van der Waals surface area (Å²) in [5, 5.41) is 4.25. The maximum absolute atomic E-state index is 5.91. The largest absolute Gasteiger partial charge is 0.491 e. The molecule has 3 aromatic rings. The minimum absolute atomic E-state index is 0.737. The summed E-state index contributed by atoms with van der Waals surface area (Å²) in [5.41, 5.74) is 2.06. The SMILES string of the molecule is Brc1cc2c3c(c1)nc(N1CCn4ncnc4C1)n3CCCO2. The molecule has 5 rings (SSSR count). The molecule has 0 fully saturated rings. The normalized spacial score (nSPS) is 17.0. The van der Waals surface area contributed by atoms with Crippen LogP contribution in [0.4, 0.5) is 5.95 Å². The predicted octanol–water partition coefficient (Wildman–Crippen LogP) is 2.19. The molecule has 0 radical (unpaired) electrons. The lowest BCUT2D eigenvalue weighted by Crippen LogP contribution is -2.36. The smallest absolute Gasteiger partial charge is 0.207 e. The van der Waals surface area contributed by atoms with Crippen LogP contribution in [0.3, 0.4) is 0 Å². The molecule has 4 heterocycles. The Kier molecular flexibility index (Phi) is 2.88. The maximum atomic E-state index is 5.91. The van der Waals surface area contributed by atoms with E-state index in [9.17, 15) is 0 Å². The number of aryl methyl sites for hydroxylation is 1. The van der Waals surface area contributed by atoms with Gasteiger partial charge in [-0.2, -0.15) is 5.10 Å². The molecule has 7 nitrogen and oxygen atoms in total. The summed E-state index contributed by atoms with van der Waals surface area (Å²) in [7, 11) is 0. The molecule has 2 aliphatic rings. The van der Waals surface area contributed by atoms with E-state index < -0.39 is 0 Å². The van der Waals surface area contributed by atoms with Crippen molar-refractivity contribution < 1.29 is 4.74 Å². The first-order valence-corrected chi connectivity index (χ1v) is 8.53. The lowest BCUT2D eigenvalue weighted by atomic mass is 10.3. The van der Waals surface area contributed by atoms with E-state index in [1.807, 2.05) is 10.7 Å². The van der Waals surface area contributed by atoms with Crippen LogP contribution in [0.1, 0.15) is 12.2 Å². The number of hydrogen-bond acceptors (Lipinski definition) is 5. The highest BCUT2D eigenvalue weighted by Crippen LogP contribution is 2.36. The number of anilines is 1. The Balaban J connectivity index is 1.66. The number of ether oxygens (including phenoxy) is 1. The fourth-order valence-electron chi connectivity index (χ4n) is 3.39. The van der Waals surface area contributed by atoms with Gasteiger partial charge >= 0.3 is 0 Å². The number of nitrogens with zero attached hydrogens (tertiary/aromatic N) is 6. The molecule has 0 saturated carbocycles. The average Bonchev–Trinajstić information content (AvgIpc) is 3.08. The van der Waals surface area contributed by atoms with Gasteiger partial charge in [0.05, 0.1) is 25.2 Å².